The van der Waals surface area contributed by atoms with Crippen molar-refractivity contribution in [2.75, 3.05) is 7.05 Å². The van der Waals surface area contributed by atoms with Crippen molar-refractivity contribution in [2.45, 2.75) is 19.4 Å². The lowest BCUT2D eigenvalue weighted by Gasteiger charge is -2.23. The number of rotatable bonds is 4. The predicted octanol–water partition coefficient (Wildman–Crippen LogP) is 4.35. The van der Waals surface area contributed by atoms with E-state index in [0.29, 0.717) is 10.0 Å². The number of benzene rings is 1. The minimum absolute atomic E-state index is 0.0295. The van der Waals surface area contributed by atoms with Gasteiger partial charge in [-0.2, -0.15) is 0 Å². The molecule has 1 amide bonds. The molecular weight excluding hydrogens is 297 g/mol. The maximum atomic E-state index is 12.3. The van der Waals surface area contributed by atoms with Crippen molar-refractivity contribution in [3.05, 3.63) is 58.0 Å². The standard InChI is InChI=1S/C15H15Cl2NO2/c1-10(14-4-3-7-20-14)18(2)15(19)8-11-5-6-12(16)9-13(11)17/h3-7,9-10H,8H2,1-2H3. The molecule has 0 spiro atoms. The maximum Gasteiger partial charge on any atom is 0.227 e. The second-order valence-corrected chi connectivity index (χ2v) is 5.45. The highest BCUT2D eigenvalue weighted by molar-refractivity contribution is 6.35. The summed E-state index contributed by atoms with van der Waals surface area (Å²) in [6, 6.07) is 8.68. The fraction of sp³-hybridized carbons (Fsp3) is 0.267. The van der Waals surface area contributed by atoms with Gasteiger partial charge in [0, 0.05) is 17.1 Å². The molecule has 1 aromatic carbocycles. The zero-order chi connectivity index (χ0) is 14.7. The van der Waals surface area contributed by atoms with Gasteiger partial charge in [-0.1, -0.05) is 29.3 Å². The van der Waals surface area contributed by atoms with E-state index < -0.39 is 0 Å². The predicted molar refractivity (Wildman–Crippen MR) is 80.1 cm³/mol. The molecule has 0 saturated heterocycles. The van der Waals surface area contributed by atoms with Crippen LogP contribution in [-0.2, 0) is 11.2 Å². The average molecular weight is 312 g/mol. The first-order valence-corrected chi connectivity index (χ1v) is 6.97. The van der Waals surface area contributed by atoms with Gasteiger partial charge in [0.25, 0.3) is 0 Å². The fourth-order valence-corrected chi connectivity index (χ4v) is 2.36. The third-order valence-electron chi connectivity index (χ3n) is 3.29. The Labute approximate surface area is 128 Å². The molecule has 2 aromatic rings. The molecule has 0 aliphatic heterocycles. The monoisotopic (exact) mass is 311 g/mol. The van der Waals surface area contributed by atoms with E-state index >= 15 is 0 Å². The van der Waals surface area contributed by atoms with E-state index in [1.165, 1.54) is 0 Å². The molecule has 1 atom stereocenters. The summed E-state index contributed by atoms with van der Waals surface area (Å²) in [5.74, 6) is 0.723. The van der Waals surface area contributed by atoms with Crippen LogP contribution in [0.2, 0.25) is 10.0 Å². The van der Waals surface area contributed by atoms with Gasteiger partial charge in [0.2, 0.25) is 5.91 Å². The van der Waals surface area contributed by atoms with Crippen molar-refractivity contribution in [2.24, 2.45) is 0 Å². The van der Waals surface area contributed by atoms with Crippen LogP contribution in [0.4, 0.5) is 0 Å². The van der Waals surface area contributed by atoms with Crippen molar-refractivity contribution in [3.63, 3.8) is 0 Å². The number of halogens is 2. The average Bonchev–Trinajstić information content (AvgIpc) is 2.94. The Hall–Kier alpha value is -1.45. The molecule has 5 heteroatoms. The zero-order valence-corrected chi connectivity index (χ0v) is 12.8. The highest BCUT2D eigenvalue weighted by atomic mass is 35.5. The van der Waals surface area contributed by atoms with Gasteiger partial charge in [0.1, 0.15) is 5.76 Å². The van der Waals surface area contributed by atoms with Crippen LogP contribution in [0.1, 0.15) is 24.3 Å². The molecule has 0 aliphatic carbocycles. The fourth-order valence-electron chi connectivity index (χ4n) is 1.89. The number of carbonyl (C=O) groups excluding carboxylic acids is 1. The van der Waals surface area contributed by atoms with Crippen LogP contribution in [0.3, 0.4) is 0 Å². The van der Waals surface area contributed by atoms with Gasteiger partial charge >= 0.3 is 0 Å². The number of likely N-dealkylation sites (N-methyl/N-ethyl adjacent to an activating group) is 1. The number of carbonyl (C=O) groups is 1. The Bertz CT molecular complexity index is 596. The van der Waals surface area contributed by atoms with Crippen molar-refractivity contribution in [3.8, 4) is 0 Å². The molecule has 1 unspecified atom stereocenters. The highest BCUT2D eigenvalue weighted by Crippen LogP contribution is 2.24. The summed E-state index contributed by atoms with van der Waals surface area (Å²) in [4.78, 5) is 13.9. The smallest absolute Gasteiger partial charge is 0.227 e. The third kappa shape index (κ3) is 3.35. The summed E-state index contributed by atoms with van der Waals surface area (Å²) in [6.07, 6.45) is 1.83. The van der Waals surface area contributed by atoms with Crippen LogP contribution < -0.4 is 0 Å². The molecular formula is C15H15Cl2NO2. The Morgan fingerprint density at radius 2 is 2.10 bits per heavy atom. The van der Waals surface area contributed by atoms with Crippen molar-refractivity contribution in [1.82, 2.24) is 4.90 Å². The van der Waals surface area contributed by atoms with E-state index in [1.807, 2.05) is 13.0 Å². The molecule has 0 radical (unpaired) electrons. The summed E-state index contributed by atoms with van der Waals surface area (Å²) in [5.41, 5.74) is 0.763. The first kappa shape index (κ1) is 14.9. The van der Waals surface area contributed by atoms with Gasteiger partial charge in [-0.3, -0.25) is 4.79 Å². The number of furan rings is 1. The molecule has 1 heterocycles. The summed E-state index contributed by atoms with van der Waals surface area (Å²) in [5, 5.41) is 1.06. The number of hydrogen-bond acceptors (Lipinski definition) is 2. The molecule has 0 aliphatic rings. The molecule has 0 bridgehead atoms. The Balaban J connectivity index is 2.08. The third-order valence-corrected chi connectivity index (χ3v) is 3.87. The Morgan fingerprint density at radius 3 is 2.70 bits per heavy atom. The van der Waals surface area contributed by atoms with Gasteiger partial charge in [-0.15, -0.1) is 0 Å². The minimum Gasteiger partial charge on any atom is -0.467 e. The van der Waals surface area contributed by atoms with Gasteiger partial charge in [-0.05, 0) is 36.8 Å². The lowest BCUT2D eigenvalue weighted by molar-refractivity contribution is -0.131. The molecule has 106 valence electrons. The lowest BCUT2D eigenvalue weighted by atomic mass is 10.1. The molecule has 20 heavy (non-hydrogen) atoms. The summed E-state index contributed by atoms with van der Waals surface area (Å²) >= 11 is 11.9. The quantitative estimate of drug-likeness (QED) is 0.841. The van der Waals surface area contributed by atoms with Crippen LogP contribution in [0.15, 0.2) is 41.0 Å². The molecule has 0 N–H and O–H groups in total. The second-order valence-electron chi connectivity index (χ2n) is 4.61. The van der Waals surface area contributed by atoms with Crippen molar-refractivity contribution >= 4 is 29.1 Å². The van der Waals surface area contributed by atoms with Gasteiger partial charge in [0.05, 0.1) is 18.7 Å². The van der Waals surface area contributed by atoms with Gasteiger partial charge in [0.15, 0.2) is 0 Å². The molecule has 0 fully saturated rings. The van der Waals surface area contributed by atoms with E-state index in [9.17, 15) is 4.79 Å². The van der Waals surface area contributed by atoms with Gasteiger partial charge < -0.3 is 9.32 Å². The van der Waals surface area contributed by atoms with Crippen LogP contribution in [0, 0.1) is 0 Å². The van der Waals surface area contributed by atoms with Crippen molar-refractivity contribution < 1.29 is 9.21 Å². The van der Waals surface area contributed by atoms with E-state index in [1.54, 1.807) is 42.5 Å². The zero-order valence-electron chi connectivity index (χ0n) is 11.3. The molecule has 1 aromatic heterocycles. The summed E-state index contributed by atoms with van der Waals surface area (Å²) in [7, 11) is 1.75. The number of hydrogen-bond donors (Lipinski definition) is 0. The van der Waals surface area contributed by atoms with Crippen LogP contribution in [-0.4, -0.2) is 17.9 Å². The topological polar surface area (TPSA) is 33.5 Å². The van der Waals surface area contributed by atoms with E-state index in [0.717, 1.165) is 11.3 Å². The highest BCUT2D eigenvalue weighted by Gasteiger charge is 2.20. The molecule has 2 rings (SSSR count). The lowest BCUT2D eigenvalue weighted by Crippen LogP contribution is -2.30. The Morgan fingerprint density at radius 1 is 1.35 bits per heavy atom. The normalized spacial score (nSPS) is 12.2. The SMILES string of the molecule is CC(c1ccco1)N(C)C(=O)Cc1ccc(Cl)cc1Cl. The number of nitrogens with zero attached hydrogens (tertiary/aromatic N) is 1. The first-order chi connectivity index (χ1) is 9.49. The van der Waals surface area contributed by atoms with Gasteiger partial charge in [-0.25, -0.2) is 0 Å². The summed E-state index contributed by atoms with van der Waals surface area (Å²) in [6.45, 7) is 1.92. The summed E-state index contributed by atoms with van der Waals surface area (Å²) < 4.78 is 5.32. The van der Waals surface area contributed by atoms with Crippen molar-refractivity contribution in [1.29, 1.82) is 0 Å². The maximum absolute atomic E-state index is 12.3. The Kier molecular flexibility index (Phi) is 4.73. The van der Waals surface area contributed by atoms with Crippen LogP contribution in [0.25, 0.3) is 0 Å². The first-order valence-electron chi connectivity index (χ1n) is 6.22. The molecule has 0 saturated carbocycles. The van der Waals surface area contributed by atoms with E-state index in [-0.39, 0.29) is 18.4 Å². The van der Waals surface area contributed by atoms with E-state index in [2.05, 4.69) is 0 Å². The van der Waals surface area contributed by atoms with Crippen LogP contribution >= 0.6 is 23.2 Å². The van der Waals surface area contributed by atoms with E-state index in [4.69, 9.17) is 27.6 Å². The second kappa shape index (κ2) is 6.33. The number of amides is 1. The molecule has 3 nitrogen and oxygen atoms in total. The van der Waals surface area contributed by atoms with Crippen LogP contribution in [0.5, 0.6) is 0 Å². The largest absolute Gasteiger partial charge is 0.467 e. The minimum atomic E-state index is -0.122.